The largest absolute Gasteiger partial charge is 0.396 e. The van der Waals surface area contributed by atoms with Gasteiger partial charge in [0.15, 0.2) is 0 Å². The second-order valence-electron chi connectivity index (χ2n) is 9.01. The molecule has 0 bridgehead atoms. The van der Waals surface area contributed by atoms with Crippen LogP contribution >= 0.6 is 0 Å². The SMILES string of the molecule is C=C(CC[C@@H](O)[C@H]1O[C@H](CCO)[C@@H](O)[C@@H](O)[C@@H]1O)[C@@H](O)[C@@H](O)[C@H]1C[C@@H](O)[C@@H](O)[C@H]([C@@H](O)CO)O1. The highest BCUT2D eigenvalue weighted by Gasteiger charge is 2.46. The van der Waals surface area contributed by atoms with E-state index in [4.69, 9.17) is 19.7 Å². The molecule has 0 aromatic rings. The minimum absolute atomic E-state index is 0.0281. The summed E-state index contributed by atoms with van der Waals surface area (Å²) in [7, 11) is 0. The van der Waals surface area contributed by atoms with Gasteiger partial charge in [0.25, 0.3) is 0 Å². The van der Waals surface area contributed by atoms with Gasteiger partial charge in [-0.2, -0.15) is 0 Å². The maximum atomic E-state index is 10.5. The van der Waals surface area contributed by atoms with E-state index in [9.17, 15) is 46.0 Å². The number of aliphatic hydroxyl groups is 11. The third-order valence-corrected chi connectivity index (χ3v) is 6.53. The van der Waals surface area contributed by atoms with Crippen LogP contribution in [0, 0.1) is 0 Å². The number of ether oxygens (including phenoxy) is 2. The summed E-state index contributed by atoms with van der Waals surface area (Å²) in [5, 5.41) is 110. The van der Waals surface area contributed by atoms with Crippen LogP contribution in [-0.4, -0.2) is 149 Å². The zero-order chi connectivity index (χ0) is 25.7. The Bertz CT molecular complexity index is 636. The van der Waals surface area contributed by atoms with Gasteiger partial charge in [0, 0.05) is 13.0 Å². The lowest BCUT2D eigenvalue weighted by Crippen LogP contribution is -2.60. The molecule has 13 atom stereocenters. The molecule has 2 aliphatic rings. The first-order valence-corrected chi connectivity index (χ1v) is 11.3. The first-order chi connectivity index (χ1) is 15.9. The number of hydrogen-bond donors (Lipinski definition) is 11. The zero-order valence-corrected chi connectivity index (χ0v) is 18.7. The predicted molar refractivity (Wildman–Crippen MR) is 113 cm³/mol. The van der Waals surface area contributed by atoms with Crippen molar-refractivity contribution in [2.24, 2.45) is 0 Å². The molecule has 0 amide bonds. The van der Waals surface area contributed by atoms with E-state index in [0.29, 0.717) is 0 Å². The fourth-order valence-corrected chi connectivity index (χ4v) is 4.33. The van der Waals surface area contributed by atoms with Crippen molar-refractivity contribution < 1.29 is 65.6 Å². The summed E-state index contributed by atoms with van der Waals surface area (Å²) in [6, 6.07) is 0. The normalized spacial score (nSPS) is 40.4. The maximum Gasteiger partial charge on any atom is 0.114 e. The summed E-state index contributed by atoms with van der Waals surface area (Å²) in [5.41, 5.74) is 0.0628. The third-order valence-electron chi connectivity index (χ3n) is 6.53. The van der Waals surface area contributed by atoms with E-state index in [0.717, 1.165) is 0 Å². The minimum Gasteiger partial charge on any atom is -0.396 e. The Labute approximate surface area is 196 Å². The van der Waals surface area contributed by atoms with Gasteiger partial charge in [0.05, 0.1) is 31.0 Å². The minimum atomic E-state index is -1.62. The van der Waals surface area contributed by atoms with E-state index in [1.807, 2.05) is 0 Å². The third kappa shape index (κ3) is 6.70. The molecule has 34 heavy (non-hydrogen) atoms. The maximum absolute atomic E-state index is 10.5. The van der Waals surface area contributed by atoms with Crippen LogP contribution in [0.25, 0.3) is 0 Å². The summed E-state index contributed by atoms with van der Waals surface area (Å²) in [5.74, 6) is 0. The van der Waals surface area contributed by atoms with Crippen LogP contribution in [0.15, 0.2) is 12.2 Å². The Morgan fingerprint density at radius 3 is 2.03 bits per heavy atom. The molecule has 0 aliphatic carbocycles. The smallest absolute Gasteiger partial charge is 0.114 e. The van der Waals surface area contributed by atoms with Gasteiger partial charge < -0.3 is 65.6 Å². The van der Waals surface area contributed by atoms with Crippen molar-refractivity contribution in [1.82, 2.24) is 0 Å². The molecule has 2 fully saturated rings. The van der Waals surface area contributed by atoms with Gasteiger partial charge in [-0.15, -0.1) is 0 Å². The van der Waals surface area contributed by atoms with E-state index in [1.54, 1.807) is 0 Å². The molecule has 2 saturated heterocycles. The van der Waals surface area contributed by atoms with Gasteiger partial charge in [0.2, 0.25) is 0 Å². The molecule has 200 valence electrons. The first kappa shape index (κ1) is 29.5. The van der Waals surface area contributed by atoms with Crippen molar-refractivity contribution in [2.75, 3.05) is 13.2 Å². The van der Waals surface area contributed by atoms with Crippen LogP contribution in [-0.2, 0) is 9.47 Å². The average Bonchev–Trinajstić information content (AvgIpc) is 2.82. The first-order valence-electron chi connectivity index (χ1n) is 11.3. The Morgan fingerprint density at radius 2 is 1.44 bits per heavy atom. The highest BCUT2D eigenvalue weighted by molar-refractivity contribution is 5.08. The Morgan fingerprint density at radius 1 is 0.824 bits per heavy atom. The summed E-state index contributed by atoms with van der Waals surface area (Å²) >= 11 is 0. The lowest BCUT2D eigenvalue weighted by atomic mass is 9.87. The van der Waals surface area contributed by atoms with Crippen LogP contribution in [0.3, 0.4) is 0 Å². The van der Waals surface area contributed by atoms with Crippen LogP contribution in [0.5, 0.6) is 0 Å². The second-order valence-corrected chi connectivity index (χ2v) is 9.01. The van der Waals surface area contributed by atoms with Crippen molar-refractivity contribution in [1.29, 1.82) is 0 Å². The second kappa shape index (κ2) is 13.0. The highest BCUT2D eigenvalue weighted by atomic mass is 16.6. The predicted octanol–water partition coefficient (Wildman–Crippen LogP) is -5.13. The molecule has 0 aromatic heterocycles. The fraction of sp³-hybridized carbons (Fsp3) is 0.905. The van der Waals surface area contributed by atoms with Crippen LogP contribution in [0.1, 0.15) is 25.7 Å². The molecule has 13 heteroatoms. The Kier molecular flexibility index (Phi) is 11.2. The quantitative estimate of drug-likeness (QED) is 0.120. The monoisotopic (exact) mass is 498 g/mol. The lowest BCUT2D eigenvalue weighted by Gasteiger charge is -2.42. The van der Waals surface area contributed by atoms with Crippen LogP contribution in [0.2, 0.25) is 0 Å². The number of aliphatic hydroxyl groups excluding tert-OH is 11. The Balaban J connectivity index is 1.94. The molecule has 0 radical (unpaired) electrons. The zero-order valence-electron chi connectivity index (χ0n) is 18.7. The summed E-state index contributed by atoms with van der Waals surface area (Å²) in [4.78, 5) is 0. The molecule has 2 heterocycles. The van der Waals surface area contributed by atoms with Gasteiger partial charge in [-0.3, -0.25) is 0 Å². The molecule has 13 nitrogen and oxygen atoms in total. The van der Waals surface area contributed by atoms with Gasteiger partial charge in [0.1, 0.15) is 54.9 Å². The van der Waals surface area contributed by atoms with Crippen molar-refractivity contribution in [2.45, 2.75) is 105 Å². The van der Waals surface area contributed by atoms with Gasteiger partial charge in [-0.25, -0.2) is 0 Å². The molecule has 0 aromatic carbocycles. The van der Waals surface area contributed by atoms with Crippen LogP contribution in [0.4, 0.5) is 0 Å². The Hall–Kier alpha value is -0.780. The van der Waals surface area contributed by atoms with E-state index >= 15 is 0 Å². The lowest BCUT2D eigenvalue weighted by molar-refractivity contribution is -0.245. The van der Waals surface area contributed by atoms with E-state index in [-0.39, 0.29) is 37.9 Å². The molecule has 11 N–H and O–H groups in total. The number of rotatable bonds is 11. The average molecular weight is 499 g/mol. The van der Waals surface area contributed by atoms with E-state index < -0.39 is 86.0 Å². The van der Waals surface area contributed by atoms with E-state index in [2.05, 4.69) is 6.58 Å². The molecule has 2 rings (SSSR count). The van der Waals surface area contributed by atoms with Crippen molar-refractivity contribution in [3.05, 3.63) is 12.2 Å². The summed E-state index contributed by atoms with van der Waals surface area (Å²) in [6.45, 7) is 2.57. The van der Waals surface area contributed by atoms with Crippen molar-refractivity contribution in [3.63, 3.8) is 0 Å². The van der Waals surface area contributed by atoms with Gasteiger partial charge in [-0.05, 0) is 24.8 Å². The number of hydrogen-bond acceptors (Lipinski definition) is 13. The topological polar surface area (TPSA) is 241 Å². The fourth-order valence-electron chi connectivity index (χ4n) is 4.33. The molecule has 2 aliphatic heterocycles. The molecule has 0 saturated carbocycles. The molecular formula is C21H38O13. The summed E-state index contributed by atoms with van der Waals surface area (Å²) in [6.07, 6.45) is -19.0. The van der Waals surface area contributed by atoms with E-state index in [1.165, 1.54) is 0 Å². The molecule has 0 unspecified atom stereocenters. The van der Waals surface area contributed by atoms with Crippen molar-refractivity contribution in [3.8, 4) is 0 Å². The molecule has 0 spiro atoms. The van der Waals surface area contributed by atoms with Gasteiger partial charge in [-0.1, -0.05) is 6.58 Å². The standard InChI is InChI=1S/C21H38O13/c1-8(2-3-9(24)20-19(32)18(31)16(29)12(33-20)4-5-22)14(27)17(30)13-6-10(25)15(28)21(34-13)11(26)7-23/h9-32H,1-7H2/t9-,10-,11+,12-,13-,14-,15-,16-,17+,18-,19+,20-,21+/m1/s1. The van der Waals surface area contributed by atoms with Crippen molar-refractivity contribution >= 4 is 0 Å². The van der Waals surface area contributed by atoms with Gasteiger partial charge >= 0.3 is 0 Å². The highest BCUT2D eigenvalue weighted by Crippen LogP contribution is 2.30. The van der Waals surface area contributed by atoms with Crippen LogP contribution < -0.4 is 0 Å². The molecular weight excluding hydrogens is 460 g/mol. The summed E-state index contributed by atoms with van der Waals surface area (Å²) < 4.78 is 10.9.